The minimum absolute atomic E-state index is 0.0510. The molecular weight excluding hydrogens is 210 g/mol. The summed E-state index contributed by atoms with van der Waals surface area (Å²) in [5, 5.41) is 9.31. The number of amides is 1. The number of nitrogens with zero attached hydrogens (tertiary/aromatic N) is 1. The number of rotatable bonds is 3. The van der Waals surface area contributed by atoms with E-state index >= 15 is 0 Å². The zero-order valence-electron chi connectivity index (χ0n) is 9.16. The van der Waals surface area contributed by atoms with Crippen molar-refractivity contribution in [1.29, 1.82) is 0 Å². The number of aryl methyl sites for hydroxylation is 1. The highest BCUT2D eigenvalue weighted by atomic mass is 16.6. The van der Waals surface area contributed by atoms with Gasteiger partial charge in [-0.05, 0) is 6.92 Å². The summed E-state index contributed by atoms with van der Waals surface area (Å²) in [7, 11) is 0. The number of ether oxygens (including phenoxy) is 2. The number of aromatic amines is 1. The first kappa shape index (κ1) is 11.1. The zero-order chi connectivity index (χ0) is 11.4. The summed E-state index contributed by atoms with van der Waals surface area (Å²) in [6, 6.07) is 0. The third-order valence-electron chi connectivity index (χ3n) is 2.45. The van der Waals surface area contributed by atoms with Crippen molar-refractivity contribution in [2.45, 2.75) is 13.0 Å². The number of H-pyrrole nitrogens is 1. The third kappa shape index (κ3) is 2.59. The SMILES string of the molecule is Cc1[nH]ncc1C(=O)NCC1COCCO1. The quantitative estimate of drug-likeness (QED) is 0.751. The van der Waals surface area contributed by atoms with Gasteiger partial charge < -0.3 is 14.8 Å². The van der Waals surface area contributed by atoms with E-state index in [4.69, 9.17) is 9.47 Å². The maximum Gasteiger partial charge on any atom is 0.254 e. The standard InChI is InChI=1S/C10H15N3O3/c1-7-9(5-12-13-7)10(14)11-4-8-6-15-2-3-16-8/h5,8H,2-4,6H2,1H3,(H,11,14)(H,12,13). The first-order valence-electron chi connectivity index (χ1n) is 5.25. The van der Waals surface area contributed by atoms with Gasteiger partial charge in [-0.3, -0.25) is 9.89 Å². The van der Waals surface area contributed by atoms with Crippen LogP contribution in [0.1, 0.15) is 16.1 Å². The van der Waals surface area contributed by atoms with Gasteiger partial charge >= 0.3 is 0 Å². The number of hydrogen-bond donors (Lipinski definition) is 2. The van der Waals surface area contributed by atoms with E-state index in [1.165, 1.54) is 6.20 Å². The maximum absolute atomic E-state index is 11.7. The van der Waals surface area contributed by atoms with Gasteiger partial charge in [-0.25, -0.2) is 0 Å². The molecule has 1 saturated heterocycles. The van der Waals surface area contributed by atoms with Crippen molar-refractivity contribution in [2.75, 3.05) is 26.4 Å². The predicted octanol–water partition coefficient (Wildman–Crippen LogP) is -0.137. The van der Waals surface area contributed by atoms with E-state index < -0.39 is 0 Å². The van der Waals surface area contributed by atoms with Crippen LogP contribution >= 0.6 is 0 Å². The molecule has 0 radical (unpaired) electrons. The van der Waals surface area contributed by atoms with E-state index in [1.807, 2.05) is 6.92 Å². The van der Waals surface area contributed by atoms with Gasteiger partial charge in [0.25, 0.3) is 5.91 Å². The number of carbonyl (C=O) groups is 1. The van der Waals surface area contributed by atoms with Gasteiger partial charge in [0.2, 0.25) is 0 Å². The molecule has 6 nitrogen and oxygen atoms in total. The largest absolute Gasteiger partial charge is 0.376 e. The minimum Gasteiger partial charge on any atom is -0.376 e. The summed E-state index contributed by atoms with van der Waals surface area (Å²) < 4.78 is 10.6. The lowest BCUT2D eigenvalue weighted by Gasteiger charge is -2.22. The Labute approximate surface area is 93.3 Å². The average Bonchev–Trinajstić information content (AvgIpc) is 2.74. The van der Waals surface area contributed by atoms with Crippen molar-refractivity contribution in [3.05, 3.63) is 17.5 Å². The Kier molecular flexibility index (Phi) is 3.53. The van der Waals surface area contributed by atoms with Crippen molar-refractivity contribution in [1.82, 2.24) is 15.5 Å². The van der Waals surface area contributed by atoms with Crippen molar-refractivity contribution in [3.63, 3.8) is 0 Å². The molecule has 88 valence electrons. The molecule has 1 aromatic heterocycles. The van der Waals surface area contributed by atoms with E-state index in [9.17, 15) is 4.79 Å². The van der Waals surface area contributed by atoms with E-state index in [1.54, 1.807) is 0 Å². The molecule has 0 aromatic carbocycles. The summed E-state index contributed by atoms with van der Waals surface area (Å²) in [6.07, 6.45) is 1.47. The van der Waals surface area contributed by atoms with Gasteiger partial charge in [-0.15, -0.1) is 0 Å². The average molecular weight is 225 g/mol. The van der Waals surface area contributed by atoms with Crippen LogP contribution in [0.2, 0.25) is 0 Å². The normalized spacial score (nSPS) is 20.7. The van der Waals surface area contributed by atoms with Crippen LogP contribution in [0.4, 0.5) is 0 Å². The molecule has 1 amide bonds. The van der Waals surface area contributed by atoms with Crippen LogP contribution in [0.25, 0.3) is 0 Å². The Morgan fingerprint density at radius 3 is 3.19 bits per heavy atom. The molecule has 1 unspecified atom stereocenters. The molecule has 2 rings (SSSR count). The van der Waals surface area contributed by atoms with Crippen LogP contribution in [0.5, 0.6) is 0 Å². The summed E-state index contributed by atoms with van der Waals surface area (Å²) in [6.45, 7) is 4.02. The Bertz CT molecular complexity index is 358. The molecule has 6 heteroatoms. The number of hydrogen-bond acceptors (Lipinski definition) is 4. The molecule has 1 aliphatic heterocycles. The van der Waals surface area contributed by atoms with Crippen LogP contribution in [-0.2, 0) is 9.47 Å². The molecular formula is C10H15N3O3. The smallest absolute Gasteiger partial charge is 0.254 e. The summed E-state index contributed by atoms with van der Waals surface area (Å²) in [5.74, 6) is -0.138. The maximum atomic E-state index is 11.7. The van der Waals surface area contributed by atoms with E-state index in [-0.39, 0.29) is 12.0 Å². The van der Waals surface area contributed by atoms with Crippen LogP contribution in [0.3, 0.4) is 0 Å². The van der Waals surface area contributed by atoms with E-state index in [2.05, 4.69) is 15.5 Å². The summed E-state index contributed by atoms with van der Waals surface area (Å²) >= 11 is 0. The molecule has 0 bridgehead atoms. The highest BCUT2D eigenvalue weighted by Crippen LogP contribution is 2.03. The van der Waals surface area contributed by atoms with Gasteiger partial charge in [-0.2, -0.15) is 5.10 Å². The zero-order valence-corrected chi connectivity index (χ0v) is 9.16. The molecule has 2 heterocycles. The number of nitrogens with one attached hydrogen (secondary N) is 2. The topological polar surface area (TPSA) is 76.2 Å². The van der Waals surface area contributed by atoms with Gasteiger partial charge in [0.05, 0.1) is 37.7 Å². The van der Waals surface area contributed by atoms with E-state index in [0.29, 0.717) is 31.9 Å². The van der Waals surface area contributed by atoms with Crippen LogP contribution < -0.4 is 5.32 Å². The lowest BCUT2D eigenvalue weighted by molar-refractivity contribution is -0.0855. The molecule has 1 aromatic rings. The third-order valence-corrected chi connectivity index (χ3v) is 2.45. The highest BCUT2D eigenvalue weighted by Gasteiger charge is 2.16. The predicted molar refractivity (Wildman–Crippen MR) is 56.2 cm³/mol. The lowest BCUT2D eigenvalue weighted by atomic mass is 10.2. The highest BCUT2D eigenvalue weighted by molar-refractivity contribution is 5.94. The molecule has 1 aliphatic rings. The fourth-order valence-corrected chi connectivity index (χ4v) is 1.54. The summed E-state index contributed by atoms with van der Waals surface area (Å²) in [5.41, 5.74) is 1.33. The van der Waals surface area contributed by atoms with E-state index in [0.717, 1.165) is 5.69 Å². The van der Waals surface area contributed by atoms with Crippen LogP contribution in [0.15, 0.2) is 6.20 Å². The van der Waals surface area contributed by atoms with Crippen molar-refractivity contribution < 1.29 is 14.3 Å². The Morgan fingerprint density at radius 1 is 1.69 bits per heavy atom. The molecule has 0 aliphatic carbocycles. The molecule has 2 N–H and O–H groups in total. The van der Waals surface area contributed by atoms with Crippen LogP contribution in [-0.4, -0.2) is 48.6 Å². The van der Waals surface area contributed by atoms with Gasteiger partial charge in [0.15, 0.2) is 0 Å². The molecule has 1 atom stereocenters. The first-order chi connectivity index (χ1) is 7.77. The number of aromatic nitrogens is 2. The second kappa shape index (κ2) is 5.09. The van der Waals surface area contributed by atoms with Crippen molar-refractivity contribution in [3.8, 4) is 0 Å². The molecule has 1 fully saturated rings. The fraction of sp³-hybridized carbons (Fsp3) is 0.600. The Hall–Kier alpha value is -1.40. The monoisotopic (exact) mass is 225 g/mol. The van der Waals surface area contributed by atoms with Gasteiger partial charge in [0, 0.05) is 12.2 Å². The fourth-order valence-electron chi connectivity index (χ4n) is 1.54. The second-order valence-corrected chi connectivity index (χ2v) is 3.69. The molecule has 16 heavy (non-hydrogen) atoms. The van der Waals surface area contributed by atoms with Gasteiger partial charge in [0.1, 0.15) is 0 Å². The second-order valence-electron chi connectivity index (χ2n) is 3.69. The summed E-state index contributed by atoms with van der Waals surface area (Å²) in [4.78, 5) is 11.7. The molecule has 0 saturated carbocycles. The van der Waals surface area contributed by atoms with Crippen molar-refractivity contribution >= 4 is 5.91 Å². The van der Waals surface area contributed by atoms with Gasteiger partial charge in [-0.1, -0.05) is 0 Å². The Balaban J connectivity index is 1.81. The van der Waals surface area contributed by atoms with Crippen LogP contribution in [0, 0.1) is 6.92 Å². The number of carbonyl (C=O) groups excluding carboxylic acids is 1. The first-order valence-corrected chi connectivity index (χ1v) is 5.25. The van der Waals surface area contributed by atoms with Crippen molar-refractivity contribution in [2.24, 2.45) is 0 Å². The molecule has 0 spiro atoms. The lowest BCUT2D eigenvalue weighted by Crippen LogP contribution is -2.39. The Morgan fingerprint density at radius 2 is 2.56 bits per heavy atom. The minimum atomic E-state index is -0.138.